The summed E-state index contributed by atoms with van der Waals surface area (Å²) in [6.45, 7) is 16.8. The van der Waals surface area contributed by atoms with Crippen LogP contribution in [0, 0.1) is 0 Å². The van der Waals surface area contributed by atoms with Crippen LogP contribution in [-0.4, -0.2) is 11.3 Å². The van der Waals surface area contributed by atoms with Crippen LogP contribution in [0.1, 0.15) is 78.0 Å². The van der Waals surface area contributed by atoms with Crippen LogP contribution in [0.4, 0.5) is 17.1 Å². The largest absolute Gasteiger partial charge is 0.375 e. The third-order valence-corrected chi connectivity index (χ3v) is 15.4. The van der Waals surface area contributed by atoms with Crippen LogP contribution < -0.4 is 15.1 Å². The highest BCUT2D eigenvalue weighted by Crippen LogP contribution is 2.53. The molecule has 58 heavy (non-hydrogen) atoms. The fraction of sp³-hybridized carbons (Fsp3) is 0.222. The van der Waals surface area contributed by atoms with E-state index >= 15 is 0 Å². The second kappa shape index (κ2) is 11.5. The van der Waals surface area contributed by atoms with Gasteiger partial charge in [0.1, 0.15) is 0 Å². The molecule has 0 unspecified atom stereocenters. The van der Waals surface area contributed by atoms with Crippen molar-refractivity contribution >= 4 is 88.2 Å². The molecule has 282 valence electrons. The van der Waals surface area contributed by atoms with Gasteiger partial charge in [-0.25, -0.2) is 0 Å². The smallest absolute Gasteiger partial charge is 0.343 e. The van der Waals surface area contributed by atoms with E-state index in [1.165, 1.54) is 122 Å². The Morgan fingerprint density at radius 1 is 0.621 bits per heavy atom. The van der Waals surface area contributed by atoms with Gasteiger partial charge in [-0.05, 0) is 121 Å². The molecule has 0 fully saturated rings. The Kier molecular flexibility index (Phi) is 6.86. The van der Waals surface area contributed by atoms with Crippen molar-refractivity contribution in [3.05, 3.63) is 150 Å². The Morgan fingerprint density at radius 3 is 2.09 bits per heavy atom. The van der Waals surface area contributed by atoms with Gasteiger partial charge in [0.25, 0.3) is 0 Å². The Bertz CT molecular complexity index is 3210. The van der Waals surface area contributed by atoms with Crippen molar-refractivity contribution in [1.29, 1.82) is 0 Å². The monoisotopic (exact) mass is 766 g/mol. The van der Waals surface area contributed by atoms with Crippen LogP contribution in [-0.2, 0) is 16.2 Å². The lowest BCUT2D eigenvalue weighted by atomic mass is 9.48. The molecule has 0 amide bonds. The molecular formula is C54H47BN2S. The topological polar surface area (TPSA) is 8.17 Å². The maximum atomic E-state index is 2.74. The van der Waals surface area contributed by atoms with Crippen LogP contribution in [0.5, 0.6) is 0 Å². The lowest BCUT2D eigenvalue weighted by Crippen LogP contribution is -2.55. The highest BCUT2D eigenvalue weighted by atomic mass is 32.1. The van der Waals surface area contributed by atoms with Gasteiger partial charge in [-0.2, -0.15) is 0 Å². The van der Waals surface area contributed by atoms with Crippen LogP contribution in [0.15, 0.2) is 133 Å². The third-order valence-electron chi connectivity index (χ3n) is 14.2. The van der Waals surface area contributed by atoms with Gasteiger partial charge in [-0.3, -0.25) is 0 Å². The summed E-state index contributed by atoms with van der Waals surface area (Å²) < 4.78 is 5.55. The molecule has 4 heteroatoms. The highest BCUT2D eigenvalue weighted by molar-refractivity contribution is 7.32. The van der Waals surface area contributed by atoms with E-state index in [4.69, 9.17) is 0 Å². The predicted molar refractivity (Wildman–Crippen MR) is 252 cm³/mol. The van der Waals surface area contributed by atoms with Crippen LogP contribution in [0.3, 0.4) is 0 Å². The number of anilines is 3. The molecular weight excluding hydrogens is 719 g/mol. The van der Waals surface area contributed by atoms with E-state index in [0.717, 1.165) is 0 Å². The second-order valence-electron chi connectivity index (χ2n) is 19.6. The summed E-state index contributed by atoms with van der Waals surface area (Å²) in [5, 5.41) is 6.67. The summed E-state index contributed by atoms with van der Waals surface area (Å²) in [6.07, 6.45) is 2.39. The summed E-state index contributed by atoms with van der Waals surface area (Å²) in [6, 6.07) is 51.4. The molecule has 2 aliphatic heterocycles. The standard InChI is InChI=1S/C54H47BN2S/c1-52(2,3)35-21-23-36(24-22-35)56-45-29-34(32-14-9-8-10-15-32)28-40-38-18-13-19-39-47-37-17-12-11-16-33(37)20-25-44(47)57(49(38)39)55(48(40)45)51-50(56)41-30-42-43(31-46(41)58-51)54(6,7)27-26-53(42,4)5/h8-25,28-31H,26-27H2,1-7H3. The third kappa shape index (κ3) is 4.61. The predicted octanol–water partition coefficient (Wildman–Crippen LogP) is 13.9. The molecule has 4 heterocycles. The minimum absolute atomic E-state index is 0.0152. The molecule has 2 aromatic heterocycles. The summed E-state index contributed by atoms with van der Waals surface area (Å²) >= 11 is 2.03. The highest BCUT2D eigenvalue weighted by Gasteiger charge is 2.46. The van der Waals surface area contributed by atoms with Crippen molar-refractivity contribution in [3.63, 3.8) is 0 Å². The zero-order valence-electron chi connectivity index (χ0n) is 34.5. The van der Waals surface area contributed by atoms with Gasteiger partial charge < -0.3 is 9.38 Å². The number of para-hydroxylation sites is 1. The first-order chi connectivity index (χ1) is 27.9. The Labute approximate surface area is 345 Å². The zero-order chi connectivity index (χ0) is 39.5. The molecule has 0 saturated heterocycles. The Balaban J connectivity index is 1.26. The van der Waals surface area contributed by atoms with E-state index in [1.54, 1.807) is 0 Å². The molecule has 9 aromatic rings. The quantitative estimate of drug-likeness (QED) is 0.159. The van der Waals surface area contributed by atoms with Gasteiger partial charge in [-0.15, -0.1) is 11.3 Å². The van der Waals surface area contributed by atoms with Crippen molar-refractivity contribution in [1.82, 2.24) is 4.48 Å². The van der Waals surface area contributed by atoms with Gasteiger partial charge in [-0.1, -0.05) is 139 Å². The Hall–Kier alpha value is -5.58. The van der Waals surface area contributed by atoms with E-state index in [1.807, 2.05) is 11.3 Å². The molecule has 0 atom stereocenters. The number of thiophene rings is 1. The average molecular weight is 767 g/mol. The number of hydrogen-bond donors (Lipinski definition) is 0. The van der Waals surface area contributed by atoms with E-state index in [-0.39, 0.29) is 23.1 Å². The van der Waals surface area contributed by atoms with Crippen LogP contribution >= 0.6 is 11.3 Å². The summed E-state index contributed by atoms with van der Waals surface area (Å²) in [5.41, 5.74) is 17.7. The molecule has 3 aliphatic rings. The van der Waals surface area contributed by atoms with Gasteiger partial charge in [0.2, 0.25) is 0 Å². The molecule has 12 rings (SSSR count). The van der Waals surface area contributed by atoms with Crippen molar-refractivity contribution in [2.45, 2.75) is 77.6 Å². The van der Waals surface area contributed by atoms with Gasteiger partial charge in [0.05, 0.1) is 5.69 Å². The number of benzene rings is 7. The van der Waals surface area contributed by atoms with Gasteiger partial charge in [0, 0.05) is 53.6 Å². The fourth-order valence-electron chi connectivity index (χ4n) is 10.9. The molecule has 0 N–H and O–H groups in total. The summed E-state index contributed by atoms with van der Waals surface area (Å²) in [7, 11) is 0. The number of nitrogens with zero attached hydrogens (tertiary/aromatic N) is 2. The molecule has 7 aromatic carbocycles. The van der Waals surface area contributed by atoms with Crippen molar-refractivity contribution in [2.24, 2.45) is 0 Å². The first-order valence-corrected chi connectivity index (χ1v) is 21.9. The summed E-state index contributed by atoms with van der Waals surface area (Å²) in [4.78, 5) is 2.65. The molecule has 1 aliphatic carbocycles. The molecule has 0 spiro atoms. The minimum Gasteiger partial charge on any atom is -0.375 e. The van der Waals surface area contributed by atoms with Crippen molar-refractivity contribution in [3.8, 4) is 22.3 Å². The number of hydrogen-bond acceptors (Lipinski definition) is 2. The maximum absolute atomic E-state index is 2.74. The molecule has 0 bridgehead atoms. The Morgan fingerprint density at radius 2 is 1.33 bits per heavy atom. The van der Waals surface area contributed by atoms with Crippen LogP contribution in [0.25, 0.3) is 64.9 Å². The van der Waals surface area contributed by atoms with Gasteiger partial charge >= 0.3 is 6.85 Å². The van der Waals surface area contributed by atoms with Crippen molar-refractivity contribution < 1.29 is 0 Å². The first-order valence-electron chi connectivity index (χ1n) is 21.1. The first kappa shape index (κ1) is 34.5. The van der Waals surface area contributed by atoms with E-state index in [9.17, 15) is 0 Å². The maximum Gasteiger partial charge on any atom is 0.343 e. The zero-order valence-corrected chi connectivity index (χ0v) is 35.3. The molecule has 0 saturated carbocycles. The van der Waals surface area contributed by atoms with E-state index in [0.29, 0.717) is 0 Å². The normalized spacial score (nSPS) is 16.3. The minimum atomic E-state index is 0.0152. The second-order valence-corrected chi connectivity index (χ2v) is 20.7. The van der Waals surface area contributed by atoms with Crippen molar-refractivity contribution in [2.75, 3.05) is 4.90 Å². The van der Waals surface area contributed by atoms with E-state index < -0.39 is 0 Å². The van der Waals surface area contributed by atoms with Gasteiger partial charge in [0.15, 0.2) is 0 Å². The lowest BCUT2D eigenvalue weighted by molar-refractivity contribution is 0.332. The lowest BCUT2D eigenvalue weighted by Gasteiger charge is -2.42. The number of aromatic nitrogens is 1. The SMILES string of the molecule is CC(C)(C)c1ccc(N2c3cc(-c4ccccc4)cc4c3B(c3sc5cc6c(cc5c32)C(C)(C)CCC6(C)C)n2c3ccc5ccccc5c3c3cccc-4c32)cc1. The fourth-order valence-corrected chi connectivity index (χ4v) is 12.3. The number of fused-ring (bicyclic) bond motifs is 12. The summed E-state index contributed by atoms with van der Waals surface area (Å²) in [5.74, 6) is 0. The number of rotatable bonds is 2. The van der Waals surface area contributed by atoms with E-state index in [2.05, 4.69) is 191 Å². The molecule has 0 radical (unpaired) electrons. The molecule has 2 nitrogen and oxygen atoms in total. The average Bonchev–Trinajstić information content (AvgIpc) is 3.77. The van der Waals surface area contributed by atoms with Crippen LogP contribution in [0.2, 0.25) is 0 Å².